The van der Waals surface area contributed by atoms with Crippen molar-refractivity contribution in [1.29, 1.82) is 0 Å². The van der Waals surface area contributed by atoms with E-state index in [4.69, 9.17) is 4.74 Å². The van der Waals surface area contributed by atoms with E-state index in [-0.39, 0.29) is 5.91 Å². The van der Waals surface area contributed by atoms with Gasteiger partial charge in [0.25, 0.3) is 5.91 Å². The van der Waals surface area contributed by atoms with Crippen LogP contribution in [0.3, 0.4) is 0 Å². The van der Waals surface area contributed by atoms with Gasteiger partial charge < -0.3 is 9.64 Å². The second kappa shape index (κ2) is 6.98. The SMILES string of the molecule is Cc1cccc(S(=O)(=O)N2CCN(C(=O)[C@@H]3Cc4ccccc4O3)CC2)c1. The molecule has 6 nitrogen and oxygen atoms in total. The number of hydrogen-bond donors (Lipinski definition) is 0. The number of amides is 1. The smallest absolute Gasteiger partial charge is 0.264 e. The van der Waals surface area contributed by atoms with Gasteiger partial charge in [-0.3, -0.25) is 4.79 Å². The fraction of sp³-hybridized carbons (Fsp3) is 0.350. The van der Waals surface area contributed by atoms with E-state index in [1.165, 1.54) is 4.31 Å². The maximum Gasteiger partial charge on any atom is 0.264 e. The summed E-state index contributed by atoms with van der Waals surface area (Å²) in [6.07, 6.45) is 0.0546. The predicted molar refractivity (Wildman–Crippen MR) is 101 cm³/mol. The number of hydrogen-bond acceptors (Lipinski definition) is 4. The minimum atomic E-state index is -3.53. The second-order valence-corrected chi connectivity index (χ2v) is 8.90. The van der Waals surface area contributed by atoms with E-state index >= 15 is 0 Å². The summed E-state index contributed by atoms with van der Waals surface area (Å²) in [5.74, 6) is 0.690. The normalized spacial score (nSPS) is 20.2. The number of sulfonamides is 1. The quantitative estimate of drug-likeness (QED) is 0.807. The third kappa shape index (κ3) is 3.44. The van der Waals surface area contributed by atoms with E-state index < -0.39 is 16.1 Å². The minimum Gasteiger partial charge on any atom is -0.480 e. The molecule has 0 spiro atoms. The monoisotopic (exact) mass is 386 g/mol. The molecule has 2 aliphatic rings. The van der Waals surface area contributed by atoms with Crippen LogP contribution in [-0.2, 0) is 21.2 Å². The van der Waals surface area contributed by atoms with Crippen LogP contribution in [0.1, 0.15) is 11.1 Å². The number of rotatable bonds is 3. The molecule has 1 fully saturated rings. The summed E-state index contributed by atoms with van der Waals surface area (Å²) in [4.78, 5) is 14.8. The Balaban J connectivity index is 1.40. The molecule has 7 heteroatoms. The van der Waals surface area contributed by atoms with E-state index in [1.807, 2.05) is 37.3 Å². The molecule has 1 saturated heterocycles. The average molecular weight is 386 g/mol. The molecule has 0 aromatic heterocycles. The Bertz CT molecular complexity index is 940. The number of nitrogens with zero attached hydrogens (tertiary/aromatic N) is 2. The van der Waals surface area contributed by atoms with Gasteiger partial charge in [0.05, 0.1) is 4.90 Å². The first-order chi connectivity index (χ1) is 12.9. The summed E-state index contributed by atoms with van der Waals surface area (Å²) < 4.78 is 32.9. The van der Waals surface area contributed by atoms with Gasteiger partial charge in [-0.1, -0.05) is 30.3 Å². The number of fused-ring (bicyclic) bond motifs is 1. The van der Waals surface area contributed by atoms with Crippen molar-refractivity contribution in [2.24, 2.45) is 0 Å². The lowest BCUT2D eigenvalue weighted by Crippen LogP contribution is -2.53. The van der Waals surface area contributed by atoms with Gasteiger partial charge in [0.1, 0.15) is 5.75 Å². The van der Waals surface area contributed by atoms with E-state index in [0.717, 1.165) is 16.9 Å². The number of aryl methyl sites for hydroxylation is 1. The zero-order valence-corrected chi connectivity index (χ0v) is 16.0. The molecule has 2 aliphatic heterocycles. The molecule has 0 unspecified atom stereocenters. The van der Waals surface area contributed by atoms with Gasteiger partial charge >= 0.3 is 0 Å². The Kier molecular flexibility index (Phi) is 4.65. The van der Waals surface area contributed by atoms with Crippen molar-refractivity contribution in [1.82, 2.24) is 9.21 Å². The molecule has 2 aromatic carbocycles. The highest BCUT2D eigenvalue weighted by atomic mass is 32.2. The van der Waals surface area contributed by atoms with Crippen molar-refractivity contribution in [3.63, 3.8) is 0 Å². The largest absolute Gasteiger partial charge is 0.480 e. The number of para-hydroxylation sites is 1. The molecule has 0 bridgehead atoms. The Morgan fingerprint density at radius 1 is 1.04 bits per heavy atom. The lowest BCUT2D eigenvalue weighted by atomic mass is 10.1. The maximum atomic E-state index is 12.8. The number of piperazine rings is 1. The van der Waals surface area contributed by atoms with Gasteiger partial charge in [-0.15, -0.1) is 0 Å². The molecular formula is C20H22N2O4S. The van der Waals surface area contributed by atoms with Crippen LogP contribution in [0.4, 0.5) is 0 Å². The van der Waals surface area contributed by atoms with Crippen molar-refractivity contribution in [3.8, 4) is 5.75 Å². The summed E-state index contributed by atoms with van der Waals surface area (Å²) in [5.41, 5.74) is 1.94. The molecule has 2 aromatic rings. The maximum absolute atomic E-state index is 12.8. The van der Waals surface area contributed by atoms with E-state index in [0.29, 0.717) is 37.5 Å². The van der Waals surface area contributed by atoms with Crippen LogP contribution in [0.2, 0.25) is 0 Å². The van der Waals surface area contributed by atoms with Crippen molar-refractivity contribution in [2.45, 2.75) is 24.3 Å². The van der Waals surface area contributed by atoms with Gasteiger partial charge in [-0.2, -0.15) is 4.31 Å². The van der Waals surface area contributed by atoms with Crippen molar-refractivity contribution >= 4 is 15.9 Å². The summed E-state index contributed by atoms with van der Waals surface area (Å²) in [6.45, 7) is 3.21. The van der Waals surface area contributed by atoms with Crippen LogP contribution in [0.5, 0.6) is 5.75 Å². The molecule has 1 amide bonds. The predicted octanol–water partition coefficient (Wildman–Crippen LogP) is 1.83. The first-order valence-electron chi connectivity index (χ1n) is 9.05. The van der Waals surface area contributed by atoms with E-state index in [9.17, 15) is 13.2 Å². The van der Waals surface area contributed by atoms with Crippen LogP contribution in [-0.4, -0.2) is 55.8 Å². The first kappa shape index (κ1) is 18.0. The number of carbonyl (C=O) groups excluding carboxylic acids is 1. The second-order valence-electron chi connectivity index (χ2n) is 6.96. The van der Waals surface area contributed by atoms with Gasteiger partial charge in [0.2, 0.25) is 10.0 Å². The number of benzene rings is 2. The molecule has 2 heterocycles. The standard InChI is InChI=1S/C20H22N2O4S/c1-15-5-4-7-17(13-15)27(24,25)22-11-9-21(10-12-22)20(23)19-14-16-6-2-3-8-18(16)26-19/h2-8,13,19H,9-12,14H2,1H3/t19-/m0/s1. The molecule has 0 radical (unpaired) electrons. The molecule has 0 saturated carbocycles. The van der Waals surface area contributed by atoms with Gasteiger partial charge in [-0.05, 0) is 36.2 Å². The Morgan fingerprint density at radius 2 is 1.78 bits per heavy atom. The Morgan fingerprint density at radius 3 is 2.48 bits per heavy atom. The highest BCUT2D eigenvalue weighted by Gasteiger charge is 2.35. The molecule has 1 atom stereocenters. The number of ether oxygens (including phenoxy) is 1. The first-order valence-corrected chi connectivity index (χ1v) is 10.5. The molecule has 142 valence electrons. The number of carbonyl (C=O) groups is 1. The summed E-state index contributed by atoms with van der Waals surface area (Å²) in [5, 5.41) is 0. The Hall–Kier alpha value is -2.38. The third-order valence-electron chi connectivity index (χ3n) is 5.10. The fourth-order valence-corrected chi connectivity index (χ4v) is 5.12. The minimum absolute atomic E-state index is 0.0706. The van der Waals surface area contributed by atoms with Crippen LogP contribution in [0.25, 0.3) is 0 Å². The summed E-state index contributed by atoms with van der Waals surface area (Å²) in [6, 6.07) is 14.6. The van der Waals surface area contributed by atoms with E-state index in [2.05, 4.69) is 0 Å². The van der Waals surface area contributed by atoms with Crippen molar-refractivity contribution in [3.05, 3.63) is 59.7 Å². The molecular weight excluding hydrogens is 364 g/mol. The van der Waals surface area contributed by atoms with Gasteiger partial charge in [0, 0.05) is 32.6 Å². The van der Waals surface area contributed by atoms with Crippen LogP contribution in [0.15, 0.2) is 53.4 Å². The highest BCUT2D eigenvalue weighted by Crippen LogP contribution is 2.29. The van der Waals surface area contributed by atoms with Crippen molar-refractivity contribution < 1.29 is 17.9 Å². The third-order valence-corrected chi connectivity index (χ3v) is 6.99. The molecule has 0 N–H and O–H groups in total. The summed E-state index contributed by atoms with van der Waals surface area (Å²) in [7, 11) is -3.53. The summed E-state index contributed by atoms with van der Waals surface area (Å²) >= 11 is 0. The Labute approximate surface area is 159 Å². The topological polar surface area (TPSA) is 66.9 Å². The molecule has 0 aliphatic carbocycles. The zero-order chi connectivity index (χ0) is 19.0. The van der Waals surface area contributed by atoms with Crippen molar-refractivity contribution in [2.75, 3.05) is 26.2 Å². The fourth-order valence-electron chi connectivity index (χ4n) is 3.60. The van der Waals surface area contributed by atoms with Crippen LogP contribution < -0.4 is 4.74 Å². The zero-order valence-electron chi connectivity index (χ0n) is 15.2. The lowest BCUT2D eigenvalue weighted by Gasteiger charge is -2.35. The van der Waals surface area contributed by atoms with Crippen LogP contribution in [0, 0.1) is 6.92 Å². The van der Waals surface area contributed by atoms with Gasteiger partial charge in [0.15, 0.2) is 6.10 Å². The van der Waals surface area contributed by atoms with E-state index in [1.54, 1.807) is 23.1 Å². The molecule has 4 rings (SSSR count). The van der Waals surface area contributed by atoms with Crippen LogP contribution >= 0.6 is 0 Å². The lowest BCUT2D eigenvalue weighted by molar-refractivity contribution is -0.139. The van der Waals surface area contributed by atoms with Gasteiger partial charge in [-0.25, -0.2) is 8.42 Å². The highest BCUT2D eigenvalue weighted by molar-refractivity contribution is 7.89. The average Bonchev–Trinajstić information content (AvgIpc) is 3.12. The molecule has 27 heavy (non-hydrogen) atoms.